The number of amides is 2. The fourth-order valence-corrected chi connectivity index (χ4v) is 3.32. The maximum Gasteiger partial charge on any atom is 0.424 e. The first kappa shape index (κ1) is 24.0. The first-order valence-corrected chi connectivity index (χ1v) is 9.85. The molecule has 26 heavy (non-hydrogen) atoms. The van der Waals surface area contributed by atoms with Crippen molar-refractivity contribution in [1.82, 2.24) is 4.31 Å². The van der Waals surface area contributed by atoms with Gasteiger partial charge < -0.3 is 15.6 Å². The van der Waals surface area contributed by atoms with Gasteiger partial charge in [-0.15, -0.1) is 11.6 Å². The predicted molar refractivity (Wildman–Crippen MR) is 99.6 cm³/mol. The molecule has 0 aliphatic carbocycles. The fourth-order valence-electron chi connectivity index (χ4n) is 1.69. The minimum absolute atomic E-state index is 0.0552. The summed E-state index contributed by atoms with van der Waals surface area (Å²) in [5.74, 6) is 0.0231. The van der Waals surface area contributed by atoms with Crippen LogP contribution in [-0.2, 0) is 21.3 Å². The van der Waals surface area contributed by atoms with Crippen molar-refractivity contribution in [2.75, 3.05) is 11.6 Å². The standard InChI is InChI=1S/C15H22ClNO4S.CH3NO2/c1-15(2,3)21-14(18)17(22(19,20)11-7-10-16)12-13-8-5-4-6-9-13;2-1(3)4/h4-6,8-9H,7,10-12H2,1-3H3;2H2,(H,3,4). The number of nitrogens with zero attached hydrogens (tertiary/aromatic N) is 1. The first-order chi connectivity index (χ1) is 11.9. The highest BCUT2D eigenvalue weighted by molar-refractivity contribution is 7.89. The fraction of sp³-hybridized carbons (Fsp3) is 0.500. The van der Waals surface area contributed by atoms with Gasteiger partial charge in [0.2, 0.25) is 10.0 Å². The Kier molecular flexibility index (Phi) is 10.0. The van der Waals surface area contributed by atoms with Crippen molar-refractivity contribution in [2.45, 2.75) is 39.3 Å². The maximum absolute atomic E-state index is 12.4. The molecule has 3 N–H and O–H groups in total. The summed E-state index contributed by atoms with van der Waals surface area (Å²) in [6, 6.07) is 8.91. The van der Waals surface area contributed by atoms with E-state index < -0.39 is 27.8 Å². The second kappa shape index (κ2) is 10.9. The second-order valence-corrected chi connectivity index (χ2v) is 8.56. The number of carbonyl (C=O) groups excluding carboxylic acids is 1. The number of carbonyl (C=O) groups is 2. The predicted octanol–water partition coefficient (Wildman–Crippen LogP) is 3.01. The molecule has 0 spiro atoms. The molecule has 1 aromatic carbocycles. The van der Waals surface area contributed by atoms with Gasteiger partial charge >= 0.3 is 12.2 Å². The lowest BCUT2D eigenvalue weighted by atomic mass is 10.2. The summed E-state index contributed by atoms with van der Waals surface area (Å²) >= 11 is 5.56. The van der Waals surface area contributed by atoms with Gasteiger partial charge in [0.1, 0.15) is 5.60 Å². The molecule has 10 heteroatoms. The van der Waals surface area contributed by atoms with Gasteiger partial charge in [0, 0.05) is 5.88 Å². The number of alkyl halides is 1. The van der Waals surface area contributed by atoms with E-state index in [2.05, 4.69) is 5.73 Å². The average molecular weight is 409 g/mol. The highest BCUT2D eigenvalue weighted by Gasteiger charge is 2.31. The zero-order chi connectivity index (χ0) is 20.4. The molecule has 0 radical (unpaired) electrons. The first-order valence-electron chi connectivity index (χ1n) is 7.70. The highest BCUT2D eigenvalue weighted by atomic mass is 35.5. The van der Waals surface area contributed by atoms with E-state index in [9.17, 15) is 13.2 Å². The molecular formula is C16H25ClN2O6S. The summed E-state index contributed by atoms with van der Waals surface area (Å²) < 4.78 is 30.8. The van der Waals surface area contributed by atoms with Gasteiger partial charge in [-0.2, -0.15) is 4.31 Å². The van der Waals surface area contributed by atoms with Crippen molar-refractivity contribution < 1.29 is 27.9 Å². The third kappa shape index (κ3) is 10.8. The summed E-state index contributed by atoms with van der Waals surface area (Å²) in [7, 11) is -3.78. The number of halogens is 1. The molecule has 0 heterocycles. The molecule has 0 unspecified atom stereocenters. The van der Waals surface area contributed by atoms with Crippen LogP contribution in [0.15, 0.2) is 30.3 Å². The maximum atomic E-state index is 12.4. The van der Waals surface area contributed by atoms with Crippen molar-refractivity contribution in [1.29, 1.82) is 0 Å². The number of primary amides is 1. The number of ether oxygens (including phenoxy) is 1. The van der Waals surface area contributed by atoms with E-state index in [1.54, 1.807) is 45.0 Å². The van der Waals surface area contributed by atoms with Crippen molar-refractivity contribution in [3.63, 3.8) is 0 Å². The Morgan fingerprint density at radius 1 is 1.23 bits per heavy atom. The Labute approximate surface area is 158 Å². The topological polar surface area (TPSA) is 127 Å². The third-order valence-electron chi connectivity index (χ3n) is 2.64. The monoisotopic (exact) mass is 408 g/mol. The highest BCUT2D eigenvalue weighted by Crippen LogP contribution is 2.17. The van der Waals surface area contributed by atoms with E-state index >= 15 is 0 Å². The van der Waals surface area contributed by atoms with Crippen molar-refractivity contribution in [3.05, 3.63) is 35.9 Å². The van der Waals surface area contributed by atoms with Gasteiger partial charge in [-0.25, -0.2) is 18.0 Å². The lowest BCUT2D eigenvalue weighted by Crippen LogP contribution is -2.41. The minimum Gasteiger partial charge on any atom is -0.465 e. The summed E-state index contributed by atoms with van der Waals surface area (Å²) in [6.45, 7) is 5.02. The quantitative estimate of drug-likeness (QED) is 0.696. The third-order valence-corrected chi connectivity index (χ3v) is 4.66. The van der Waals surface area contributed by atoms with Gasteiger partial charge in [0.15, 0.2) is 0 Å². The van der Waals surface area contributed by atoms with E-state index in [1.807, 2.05) is 6.07 Å². The van der Waals surface area contributed by atoms with Gasteiger partial charge in [0.25, 0.3) is 0 Å². The average Bonchev–Trinajstić information content (AvgIpc) is 2.49. The van der Waals surface area contributed by atoms with Crippen molar-refractivity contribution >= 4 is 33.8 Å². The number of sulfonamides is 1. The van der Waals surface area contributed by atoms with E-state index in [0.29, 0.717) is 5.56 Å². The molecule has 1 rings (SSSR count). The summed E-state index contributed by atoms with van der Waals surface area (Å²) in [5.41, 5.74) is 3.97. The molecule has 8 nitrogen and oxygen atoms in total. The van der Waals surface area contributed by atoms with Gasteiger partial charge in [-0.3, -0.25) is 0 Å². The van der Waals surface area contributed by atoms with Crippen molar-refractivity contribution in [3.8, 4) is 0 Å². The van der Waals surface area contributed by atoms with Crippen molar-refractivity contribution in [2.24, 2.45) is 5.73 Å². The number of nitrogens with two attached hydrogens (primary N) is 1. The van der Waals surface area contributed by atoms with Gasteiger partial charge in [-0.05, 0) is 32.8 Å². The Hall–Kier alpha value is -2.00. The van der Waals surface area contributed by atoms with Gasteiger partial charge in [0.05, 0.1) is 12.3 Å². The zero-order valence-corrected chi connectivity index (χ0v) is 16.6. The molecule has 0 saturated heterocycles. The van der Waals surface area contributed by atoms with Gasteiger partial charge in [-0.1, -0.05) is 30.3 Å². The smallest absolute Gasteiger partial charge is 0.424 e. The molecule has 0 fully saturated rings. The Balaban J connectivity index is 0.00000141. The molecule has 0 atom stereocenters. The minimum atomic E-state index is -3.78. The number of benzene rings is 1. The van der Waals surface area contributed by atoms with Crippen LogP contribution in [0.2, 0.25) is 0 Å². The number of hydrogen-bond donors (Lipinski definition) is 2. The Morgan fingerprint density at radius 2 is 1.73 bits per heavy atom. The summed E-state index contributed by atoms with van der Waals surface area (Å²) in [4.78, 5) is 21.0. The molecule has 0 aliphatic rings. The van der Waals surface area contributed by atoms with Crippen LogP contribution in [0.4, 0.5) is 9.59 Å². The lowest BCUT2D eigenvalue weighted by molar-refractivity contribution is 0.0381. The Bertz CT molecular complexity index is 670. The normalized spacial score (nSPS) is 11.1. The largest absolute Gasteiger partial charge is 0.465 e. The van der Waals surface area contributed by atoms with Crippen LogP contribution in [0.3, 0.4) is 0 Å². The van der Waals surface area contributed by atoms with Crippen LogP contribution in [0.5, 0.6) is 0 Å². The second-order valence-electron chi connectivity index (χ2n) is 6.17. The summed E-state index contributed by atoms with van der Waals surface area (Å²) in [5, 5.41) is 7.19. The molecule has 0 saturated carbocycles. The number of carboxylic acid groups (broad SMARTS) is 1. The van der Waals surface area contributed by atoms with Crippen LogP contribution in [0.1, 0.15) is 32.8 Å². The number of hydrogen-bond acceptors (Lipinski definition) is 5. The molecule has 1 aromatic rings. The molecule has 0 bridgehead atoms. The van der Waals surface area contributed by atoms with Crippen LogP contribution in [0.25, 0.3) is 0 Å². The van der Waals surface area contributed by atoms with E-state index in [1.165, 1.54) is 0 Å². The number of rotatable bonds is 6. The molecule has 0 aromatic heterocycles. The SMILES string of the molecule is CC(C)(C)OC(=O)N(Cc1ccccc1)S(=O)(=O)CCCCl.NC(=O)O. The van der Waals surface area contributed by atoms with Crippen LogP contribution < -0.4 is 5.73 Å². The Morgan fingerprint density at radius 3 is 2.15 bits per heavy atom. The lowest BCUT2D eigenvalue weighted by Gasteiger charge is -2.27. The van der Waals surface area contributed by atoms with E-state index in [0.717, 1.165) is 4.31 Å². The van der Waals surface area contributed by atoms with E-state index in [-0.39, 0.29) is 24.6 Å². The zero-order valence-electron chi connectivity index (χ0n) is 15.0. The van der Waals surface area contributed by atoms with E-state index in [4.69, 9.17) is 26.2 Å². The van der Waals surface area contributed by atoms with Crippen LogP contribution in [-0.4, -0.2) is 47.2 Å². The summed E-state index contributed by atoms with van der Waals surface area (Å²) in [6.07, 6.45) is -1.93. The molecule has 148 valence electrons. The van der Waals surface area contributed by atoms with Crippen LogP contribution >= 0.6 is 11.6 Å². The molecule has 0 aliphatic heterocycles. The van der Waals surface area contributed by atoms with Crippen LogP contribution in [0, 0.1) is 0 Å². The molecule has 2 amide bonds. The molecular weight excluding hydrogens is 384 g/mol.